The van der Waals surface area contributed by atoms with Crippen molar-refractivity contribution in [1.82, 2.24) is 9.78 Å². The van der Waals surface area contributed by atoms with Gasteiger partial charge in [0.1, 0.15) is 13.2 Å². The van der Waals surface area contributed by atoms with Crippen LogP contribution in [0.25, 0.3) is 23.0 Å². The van der Waals surface area contributed by atoms with Gasteiger partial charge >= 0.3 is 0 Å². The number of carbonyl (C=O) groups excluding carboxylic acids is 1. The van der Waals surface area contributed by atoms with Gasteiger partial charge in [-0.3, -0.25) is 4.79 Å². The third kappa shape index (κ3) is 3.98. The fourth-order valence-electron chi connectivity index (χ4n) is 3.50. The van der Waals surface area contributed by atoms with E-state index in [0.717, 1.165) is 22.5 Å². The number of carbonyl (C=O) groups is 1. The highest BCUT2D eigenvalue weighted by atomic mass is 16.6. The summed E-state index contributed by atoms with van der Waals surface area (Å²) >= 11 is 0. The Kier molecular flexibility index (Phi) is 5.07. The summed E-state index contributed by atoms with van der Waals surface area (Å²) in [6.07, 6.45) is 5.32. The zero-order chi connectivity index (χ0) is 21.0. The number of ether oxygens (including phenoxy) is 2. The molecule has 4 aromatic rings. The van der Waals surface area contributed by atoms with Crippen LogP contribution in [0.5, 0.6) is 11.5 Å². The highest BCUT2D eigenvalue weighted by Crippen LogP contribution is 2.31. The monoisotopic (exact) mass is 408 g/mol. The Bertz CT molecular complexity index is 1240. The Morgan fingerprint density at radius 2 is 1.58 bits per heavy atom. The van der Waals surface area contributed by atoms with E-state index >= 15 is 0 Å². The second-order valence-corrected chi connectivity index (χ2v) is 7.14. The predicted molar refractivity (Wildman–Crippen MR) is 120 cm³/mol. The van der Waals surface area contributed by atoms with Crippen molar-refractivity contribution in [3.63, 3.8) is 0 Å². The van der Waals surface area contributed by atoms with Gasteiger partial charge in [-0.2, -0.15) is 5.10 Å². The second-order valence-electron chi connectivity index (χ2n) is 7.14. The molecule has 3 aromatic carbocycles. The summed E-state index contributed by atoms with van der Waals surface area (Å²) in [6.45, 7) is 1.01. The number of allylic oxidation sites excluding steroid dienone is 1. The molecular weight excluding hydrogens is 388 g/mol. The van der Waals surface area contributed by atoms with Crippen molar-refractivity contribution in [3.05, 3.63) is 102 Å². The highest BCUT2D eigenvalue weighted by molar-refractivity contribution is 6.07. The smallest absolute Gasteiger partial charge is 0.185 e. The average molecular weight is 408 g/mol. The fraction of sp³-hybridized carbons (Fsp3) is 0.0769. The number of ketones is 1. The van der Waals surface area contributed by atoms with Crippen molar-refractivity contribution >= 4 is 11.9 Å². The number of rotatable bonds is 5. The molecule has 0 fully saturated rings. The van der Waals surface area contributed by atoms with E-state index in [-0.39, 0.29) is 5.78 Å². The standard InChI is InChI=1S/C26H20N2O3/c29-23(20-12-14-24-25(17-20)31-16-15-30-24)13-11-21-18-28(22-9-5-2-6-10-22)27-26(21)19-7-3-1-4-8-19/h1-14,17-18H,15-16H2/b13-11+. The summed E-state index contributed by atoms with van der Waals surface area (Å²) in [5, 5.41) is 4.78. The Morgan fingerprint density at radius 3 is 2.35 bits per heavy atom. The minimum absolute atomic E-state index is 0.108. The molecule has 0 amide bonds. The average Bonchev–Trinajstić information content (AvgIpc) is 3.28. The number of hydrogen-bond acceptors (Lipinski definition) is 4. The number of para-hydroxylation sites is 1. The van der Waals surface area contributed by atoms with E-state index in [9.17, 15) is 4.79 Å². The van der Waals surface area contributed by atoms with E-state index in [2.05, 4.69) is 0 Å². The van der Waals surface area contributed by atoms with E-state index in [1.54, 1.807) is 24.3 Å². The first kappa shape index (κ1) is 18.9. The maximum Gasteiger partial charge on any atom is 0.185 e. The van der Waals surface area contributed by atoms with Crippen LogP contribution in [0.2, 0.25) is 0 Å². The highest BCUT2D eigenvalue weighted by Gasteiger charge is 2.15. The number of benzene rings is 3. The molecule has 5 nitrogen and oxygen atoms in total. The van der Waals surface area contributed by atoms with Crippen molar-refractivity contribution < 1.29 is 14.3 Å². The van der Waals surface area contributed by atoms with Gasteiger partial charge in [0.2, 0.25) is 0 Å². The molecular formula is C26H20N2O3. The number of fused-ring (bicyclic) bond motifs is 1. The molecule has 0 unspecified atom stereocenters. The quantitative estimate of drug-likeness (QED) is 0.336. The van der Waals surface area contributed by atoms with Crippen molar-refractivity contribution in [1.29, 1.82) is 0 Å². The van der Waals surface area contributed by atoms with Crippen LogP contribution >= 0.6 is 0 Å². The molecule has 1 aromatic heterocycles. The zero-order valence-corrected chi connectivity index (χ0v) is 16.8. The van der Waals surface area contributed by atoms with Crippen LogP contribution in [0.3, 0.4) is 0 Å². The molecule has 31 heavy (non-hydrogen) atoms. The van der Waals surface area contributed by atoms with Gasteiger partial charge < -0.3 is 9.47 Å². The van der Waals surface area contributed by atoms with E-state index in [1.165, 1.54) is 0 Å². The Balaban J connectivity index is 1.48. The third-order valence-corrected chi connectivity index (χ3v) is 5.05. The topological polar surface area (TPSA) is 53.4 Å². The molecule has 2 heterocycles. The van der Waals surface area contributed by atoms with Gasteiger partial charge in [-0.25, -0.2) is 4.68 Å². The van der Waals surface area contributed by atoms with Gasteiger partial charge in [0.15, 0.2) is 17.3 Å². The predicted octanol–water partition coefficient (Wildman–Crippen LogP) is 5.21. The lowest BCUT2D eigenvalue weighted by molar-refractivity contribution is 0.104. The zero-order valence-electron chi connectivity index (χ0n) is 16.8. The molecule has 0 N–H and O–H groups in total. The summed E-state index contributed by atoms with van der Waals surface area (Å²) in [5.41, 5.74) is 4.18. The van der Waals surface area contributed by atoms with Crippen LogP contribution in [0.15, 0.2) is 91.1 Å². The summed E-state index contributed by atoms with van der Waals surface area (Å²) in [7, 11) is 0. The van der Waals surface area contributed by atoms with Crippen molar-refractivity contribution in [2.24, 2.45) is 0 Å². The van der Waals surface area contributed by atoms with Gasteiger partial charge in [0.25, 0.3) is 0 Å². The third-order valence-electron chi connectivity index (χ3n) is 5.05. The molecule has 0 aliphatic carbocycles. The molecule has 0 saturated carbocycles. The van der Waals surface area contributed by atoms with Gasteiger partial charge in [0.05, 0.1) is 11.4 Å². The van der Waals surface area contributed by atoms with Crippen LogP contribution in [0.1, 0.15) is 15.9 Å². The summed E-state index contributed by atoms with van der Waals surface area (Å²) in [6, 6.07) is 25.1. The van der Waals surface area contributed by atoms with Gasteiger partial charge in [-0.15, -0.1) is 0 Å². The van der Waals surface area contributed by atoms with E-state index in [1.807, 2.05) is 77.6 Å². The molecule has 5 rings (SSSR count). The lowest BCUT2D eigenvalue weighted by Gasteiger charge is -2.18. The summed E-state index contributed by atoms with van der Waals surface area (Å²) in [5.74, 6) is 1.16. The first-order valence-electron chi connectivity index (χ1n) is 10.1. The van der Waals surface area contributed by atoms with Gasteiger partial charge in [-0.05, 0) is 42.5 Å². The lowest BCUT2D eigenvalue weighted by atomic mass is 10.1. The lowest BCUT2D eigenvalue weighted by Crippen LogP contribution is -2.15. The van der Waals surface area contributed by atoms with Crippen molar-refractivity contribution in [2.75, 3.05) is 13.2 Å². The minimum atomic E-state index is -0.108. The van der Waals surface area contributed by atoms with Crippen LogP contribution in [-0.2, 0) is 0 Å². The fourth-order valence-corrected chi connectivity index (χ4v) is 3.50. The van der Waals surface area contributed by atoms with Gasteiger partial charge in [-0.1, -0.05) is 48.5 Å². The molecule has 0 atom stereocenters. The molecule has 1 aliphatic heterocycles. The number of hydrogen-bond donors (Lipinski definition) is 0. The first-order valence-corrected chi connectivity index (χ1v) is 10.1. The molecule has 0 radical (unpaired) electrons. The molecule has 0 spiro atoms. The molecule has 0 saturated heterocycles. The number of aromatic nitrogens is 2. The van der Waals surface area contributed by atoms with E-state index in [0.29, 0.717) is 30.3 Å². The van der Waals surface area contributed by atoms with Crippen LogP contribution in [0.4, 0.5) is 0 Å². The molecule has 5 heteroatoms. The Morgan fingerprint density at radius 1 is 0.871 bits per heavy atom. The van der Waals surface area contributed by atoms with Crippen molar-refractivity contribution in [3.8, 4) is 28.4 Å². The summed E-state index contributed by atoms with van der Waals surface area (Å²) in [4.78, 5) is 12.8. The van der Waals surface area contributed by atoms with Crippen LogP contribution in [0, 0.1) is 0 Å². The summed E-state index contributed by atoms with van der Waals surface area (Å²) < 4.78 is 13.0. The normalized spacial score (nSPS) is 12.8. The van der Waals surface area contributed by atoms with E-state index in [4.69, 9.17) is 14.6 Å². The Hall–Kier alpha value is -4.12. The Labute approximate surface area is 180 Å². The van der Waals surface area contributed by atoms with E-state index < -0.39 is 0 Å². The van der Waals surface area contributed by atoms with Crippen LogP contribution < -0.4 is 9.47 Å². The van der Waals surface area contributed by atoms with Gasteiger partial charge in [0, 0.05) is 22.9 Å². The maximum atomic E-state index is 12.8. The second kappa shape index (κ2) is 8.32. The molecule has 1 aliphatic rings. The van der Waals surface area contributed by atoms with Crippen LogP contribution in [-0.4, -0.2) is 28.8 Å². The largest absolute Gasteiger partial charge is 0.486 e. The van der Waals surface area contributed by atoms with Crippen molar-refractivity contribution in [2.45, 2.75) is 0 Å². The number of nitrogens with zero attached hydrogens (tertiary/aromatic N) is 2. The maximum absolute atomic E-state index is 12.8. The minimum Gasteiger partial charge on any atom is -0.486 e. The molecule has 0 bridgehead atoms. The first-order chi connectivity index (χ1) is 15.3. The SMILES string of the molecule is O=C(/C=C/c1cn(-c2ccccc2)nc1-c1ccccc1)c1ccc2c(c1)OCCO2. The molecule has 152 valence electrons.